The summed E-state index contributed by atoms with van der Waals surface area (Å²) in [6.07, 6.45) is 2.61. The fourth-order valence-electron chi connectivity index (χ4n) is 2.88. The number of carbonyl (C=O) groups is 1. The maximum Gasteiger partial charge on any atom is 0.415 e. The minimum Gasteiger partial charge on any atom is -0.423 e. The standard InChI is InChI=1S/C20H16ClFN4O3/c1-11-7-24-19(25-8-11)28-17-6-16-13(5-14(17)21)10-26(20(27)29-16)9-12-3-2-4-15(23)18(12)22/h2-8H,9-10,23H2,1H3. The molecule has 1 aliphatic heterocycles. The summed E-state index contributed by atoms with van der Waals surface area (Å²) in [4.78, 5) is 21.9. The van der Waals surface area contributed by atoms with Gasteiger partial charge in [0, 0.05) is 29.6 Å². The molecule has 2 heterocycles. The van der Waals surface area contributed by atoms with Crippen LogP contribution in [0.5, 0.6) is 17.5 Å². The molecule has 0 radical (unpaired) electrons. The first-order valence-corrected chi connectivity index (χ1v) is 9.07. The van der Waals surface area contributed by atoms with Gasteiger partial charge in [-0.1, -0.05) is 23.7 Å². The Labute approximate surface area is 170 Å². The molecule has 2 aromatic carbocycles. The lowest BCUT2D eigenvalue weighted by Crippen LogP contribution is -2.36. The van der Waals surface area contributed by atoms with Crippen LogP contribution < -0.4 is 15.2 Å². The van der Waals surface area contributed by atoms with E-state index in [4.69, 9.17) is 26.8 Å². The second kappa shape index (κ2) is 7.56. The summed E-state index contributed by atoms with van der Waals surface area (Å²) in [6.45, 7) is 2.07. The number of anilines is 1. The van der Waals surface area contributed by atoms with Crippen molar-refractivity contribution >= 4 is 23.4 Å². The summed E-state index contributed by atoms with van der Waals surface area (Å²) in [5.74, 6) is 0.0224. The number of hydrogen-bond acceptors (Lipinski definition) is 6. The zero-order chi connectivity index (χ0) is 20.5. The number of rotatable bonds is 4. The number of amides is 1. The maximum absolute atomic E-state index is 14.2. The van der Waals surface area contributed by atoms with Gasteiger partial charge in [0.15, 0.2) is 11.6 Å². The Morgan fingerprint density at radius 3 is 2.83 bits per heavy atom. The zero-order valence-electron chi connectivity index (χ0n) is 15.4. The molecule has 0 unspecified atom stereocenters. The summed E-state index contributed by atoms with van der Waals surface area (Å²) in [7, 11) is 0. The number of ether oxygens (including phenoxy) is 2. The Morgan fingerprint density at radius 1 is 1.31 bits per heavy atom. The van der Waals surface area contributed by atoms with Crippen LogP contribution >= 0.6 is 11.6 Å². The van der Waals surface area contributed by atoms with Crippen molar-refractivity contribution in [3.63, 3.8) is 0 Å². The van der Waals surface area contributed by atoms with E-state index in [1.807, 2.05) is 6.92 Å². The van der Waals surface area contributed by atoms with E-state index in [1.165, 1.54) is 17.0 Å². The molecule has 0 saturated heterocycles. The van der Waals surface area contributed by atoms with Crippen LogP contribution in [0.25, 0.3) is 0 Å². The van der Waals surface area contributed by atoms with Crippen LogP contribution in [-0.2, 0) is 13.1 Å². The summed E-state index contributed by atoms with van der Waals surface area (Å²) in [5.41, 5.74) is 7.47. The van der Waals surface area contributed by atoms with Crippen molar-refractivity contribution < 1.29 is 18.7 Å². The predicted octanol–water partition coefficient (Wildman–Crippen LogP) is 4.47. The van der Waals surface area contributed by atoms with E-state index in [0.717, 1.165) is 5.56 Å². The highest BCUT2D eigenvalue weighted by Gasteiger charge is 2.27. The number of benzene rings is 2. The van der Waals surface area contributed by atoms with Crippen LogP contribution in [0.3, 0.4) is 0 Å². The molecule has 0 fully saturated rings. The van der Waals surface area contributed by atoms with E-state index in [9.17, 15) is 9.18 Å². The number of nitrogens with zero attached hydrogens (tertiary/aromatic N) is 3. The van der Waals surface area contributed by atoms with E-state index in [2.05, 4.69) is 9.97 Å². The minimum absolute atomic E-state index is 0.0161. The third-order valence-electron chi connectivity index (χ3n) is 4.36. The Bertz CT molecular complexity index is 1090. The van der Waals surface area contributed by atoms with E-state index >= 15 is 0 Å². The molecular weight excluding hydrogens is 399 g/mol. The molecule has 148 valence electrons. The first-order chi connectivity index (χ1) is 13.9. The predicted molar refractivity (Wildman–Crippen MR) is 104 cm³/mol. The molecule has 1 amide bonds. The zero-order valence-corrected chi connectivity index (χ0v) is 16.1. The van der Waals surface area contributed by atoms with Crippen molar-refractivity contribution in [2.45, 2.75) is 20.0 Å². The number of nitrogens with two attached hydrogens (primary N) is 1. The molecular formula is C20H16ClFN4O3. The van der Waals surface area contributed by atoms with Crippen molar-refractivity contribution in [2.24, 2.45) is 0 Å². The quantitative estimate of drug-likeness (QED) is 0.633. The van der Waals surface area contributed by atoms with Crippen LogP contribution in [-0.4, -0.2) is 21.0 Å². The van der Waals surface area contributed by atoms with Crippen molar-refractivity contribution in [3.05, 3.63) is 70.3 Å². The van der Waals surface area contributed by atoms with E-state index in [-0.39, 0.29) is 30.5 Å². The Balaban J connectivity index is 1.56. The van der Waals surface area contributed by atoms with Gasteiger partial charge in [-0.05, 0) is 24.6 Å². The van der Waals surface area contributed by atoms with Crippen LogP contribution in [0, 0.1) is 12.7 Å². The van der Waals surface area contributed by atoms with Crippen LogP contribution in [0.15, 0.2) is 42.7 Å². The molecule has 0 aliphatic carbocycles. The van der Waals surface area contributed by atoms with Gasteiger partial charge in [0.2, 0.25) is 0 Å². The first-order valence-electron chi connectivity index (χ1n) is 8.69. The summed E-state index contributed by atoms with van der Waals surface area (Å²) >= 11 is 6.32. The Hall–Kier alpha value is -3.39. The average Bonchev–Trinajstić information content (AvgIpc) is 2.69. The van der Waals surface area contributed by atoms with E-state index < -0.39 is 11.9 Å². The number of hydrogen-bond donors (Lipinski definition) is 1. The molecule has 1 aromatic heterocycles. The molecule has 2 N–H and O–H groups in total. The fraction of sp³-hybridized carbons (Fsp3) is 0.150. The number of halogens is 2. The Morgan fingerprint density at radius 2 is 2.07 bits per heavy atom. The normalized spacial score (nSPS) is 13.1. The molecule has 7 nitrogen and oxygen atoms in total. The third-order valence-corrected chi connectivity index (χ3v) is 4.66. The smallest absolute Gasteiger partial charge is 0.415 e. The second-order valence-electron chi connectivity index (χ2n) is 6.58. The molecule has 0 bridgehead atoms. The fourth-order valence-corrected chi connectivity index (χ4v) is 3.11. The van der Waals surface area contributed by atoms with Crippen molar-refractivity contribution in [2.75, 3.05) is 5.73 Å². The monoisotopic (exact) mass is 414 g/mol. The van der Waals surface area contributed by atoms with Gasteiger partial charge in [0.25, 0.3) is 0 Å². The van der Waals surface area contributed by atoms with E-state index in [1.54, 1.807) is 30.6 Å². The number of aromatic nitrogens is 2. The van der Waals surface area contributed by atoms with Gasteiger partial charge < -0.3 is 15.2 Å². The number of fused-ring (bicyclic) bond motifs is 1. The highest BCUT2D eigenvalue weighted by atomic mass is 35.5. The molecule has 3 aromatic rings. The number of carbonyl (C=O) groups excluding carboxylic acids is 1. The van der Waals surface area contributed by atoms with Gasteiger partial charge in [0.05, 0.1) is 23.8 Å². The highest BCUT2D eigenvalue weighted by Crippen LogP contribution is 2.37. The highest BCUT2D eigenvalue weighted by molar-refractivity contribution is 6.32. The molecule has 1 aliphatic rings. The van der Waals surface area contributed by atoms with Gasteiger partial charge in [-0.25, -0.2) is 19.2 Å². The van der Waals surface area contributed by atoms with Crippen molar-refractivity contribution in [1.29, 1.82) is 0 Å². The van der Waals surface area contributed by atoms with Crippen LogP contribution in [0.4, 0.5) is 14.9 Å². The Kier molecular flexibility index (Phi) is 4.94. The molecule has 0 spiro atoms. The first kappa shape index (κ1) is 18.9. The van der Waals surface area contributed by atoms with Gasteiger partial charge >= 0.3 is 12.1 Å². The second-order valence-corrected chi connectivity index (χ2v) is 6.99. The summed E-state index contributed by atoms with van der Waals surface area (Å²) in [6, 6.07) is 7.93. The van der Waals surface area contributed by atoms with Crippen molar-refractivity contribution in [1.82, 2.24) is 14.9 Å². The lowest BCUT2D eigenvalue weighted by molar-refractivity contribution is 0.134. The van der Waals surface area contributed by atoms with Gasteiger partial charge in [-0.2, -0.15) is 0 Å². The lowest BCUT2D eigenvalue weighted by Gasteiger charge is -2.28. The average molecular weight is 415 g/mol. The SMILES string of the molecule is Cc1cnc(Oc2cc3c(cc2Cl)CN(Cc2cccc(N)c2F)C(=O)O3)nc1. The molecule has 0 saturated carbocycles. The van der Waals surface area contributed by atoms with Gasteiger partial charge in [-0.3, -0.25) is 4.90 Å². The van der Waals surface area contributed by atoms with Crippen LogP contribution in [0.2, 0.25) is 5.02 Å². The maximum atomic E-state index is 14.2. The third kappa shape index (κ3) is 3.93. The topological polar surface area (TPSA) is 90.6 Å². The number of aryl methyl sites for hydroxylation is 1. The summed E-state index contributed by atoms with van der Waals surface area (Å²) in [5, 5.41) is 0.306. The molecule has 29 heavy (non-hydrogen) atoms. The van der Waals surface area contributed by atoms with Gasteiger partial charge in [-0.15, -0.1) is 0 Å². The van der Waals surface area contributed by atoms with E-state index in [0.29, 0.717) is 21.9 Å². The minimum atomic E-state index is -0.612. The van der Waals surface area contributed by atoms with Gasteiger partial charge in [0.1, 0.15) is 5.75 Å². The summed E-state index contributed by atoms with van der Waals surface area (Å²) < 4.78 is 25.2. The van der Waals surface area contributed by atoms with Crippen molar-refractivity contribution in [3.8, 4) is 17.5 Å². The van der Waals surface area contributed by atoms with Crippen LogP contribution in [0.1, 0.15) is 16.7 Å². The number of nitrogen functional groups attached to an aromatic ring is 1. The lowest BCUT2D eigenvalue weighted by atomic mass is 10.1. The largest absolute Gasteiger partial charge is 0.423 e. The molecule has 4 rings (SSSR count). The molecule has 0 atom stereocenters. The molecule has 9 heteroatoms.